The fourth-order valence-corrected chi connectivity index (χ4v) is 3.29. The van der Waals surface area contributed by atoms with E-state index in [1.807, 2.05) is 42.2 Å². The topological polar surface area (TPSA) is 46.3 Å². The van der Waals surface area contributed by atoms with E-state index in [1.165, 1.54) is 5.56 Å². The predicted octanol–water partition coefficient (Wildman–Crippen LogP) is 3.68. The molecule has 3 aromatic heterocycles. The number of hydrogen-bond acceptors (Lipinski definition) is 4. The van der Waals surface area contributed by atoms with Crippen LogP contribution in [0.1, 0.15) is 22.5 Å². The van der Waals surface area contributed by atoms with E-state index in [0.29, 0.717) is 0 Å². The van der Waals surface area contributed by atoms with Gasteiger partial charge >= 0.3 is 0 Å². The average Bonchev–Trinajstić information content (AvgIpc) is 3.10. The van der Waals surface area contributed by atoms with Crippen molar-refractivity contribution in [3.63, 3.8) is 0 Å². The molecule has 0 aliphatic rings. The Kier molecular flexibility index (Phi) is 5.21. The summed E-state index contributed by atoms with van der Waals surface area (Å²) < 4.78 is 1.83. The summed E-state index contributed by atoms with van der Waals surface area (Å²) in [6, 6.07) is 18.7. The number of aryl methyl sites for hydroxylation is 1. The Morgan fingerprint density at radius 3 is 2.70 bits per heavy atom. The number of fused-ring (bicyclic) bond motifs is 1. The molecule has 0 amide bonds. The first-order valence-corrected chi connectivity index (χ1v) is 9.24. The van der Waals surface area contributed by atoms with E-state index in [9.17, 15) is 0 Å². The Bertz CT molecular complexity index is 1010. The van der Waals surface area contributed by atoms with Crippen molar-refractivity contribution in [3.8, 4) is 0 Å². The number of aromatic nitrogens is 4. The minimum atomic E-state index is 0.795. The molecule has 1 aromatic carbocycles. The normalized spacial score (nSPS) is 11.3. The zero-order valence-electron chi connectivity index (χ0n) is 15.5. The highest BCUT2D eigenvalue weighted by Crippen LogP contribution is 2.14. The average molecular weight is 357 g/mol. The summed E-state index contributed by atoms with van der Waals surface area (Å²) >= 11 is 0. The van der Waals surface area contributed by atoms with Crippen LogP contribution in [0.5, 0.6) is 0 Å². The maximum atomic E-state index is 4.68. The van der Waals surface area contributed by atoms with Gasteiger partial charge in [0.25, 0.3) is 0 Å². The lowest BCUT2D eigenvalue weighted by atomic mass is 10.1. The molecular weight excluding hydrogens is 334 g/mol. The van der Waals surface area contributed by atoms with Gasteiger partial charge in [-0.3, -0.25) is 9.88 Å². The van der Waals surface area contributed by atoms with E-state index in [0.717, 1.165) is 48.7 Å². The van der Waals surface area contributed by atoms with Gasteiger partial charge < -0.3 is 0 Å². The van der Waals surface area contributed by atoms with Crippen molar-refractivity contribution in [2.24, 2.45) is 0 Å². The van der Waals surface area contributed by atoms with Crippen LogP contribution in [0.2, 0.25) is 0 Å². The SMILES string of the molecule is Cc1cccc(CN(CCc2ccccc2)Cc2cnn3cccnc23)n1. The van der Waals surface area contributed by atoms with Gasteiger partial charge in [0.05, 0.1) is 11.9 Å². The predicted molar refractivity (Wildman–Crippen MR) is 106 cm³/mol. The molecule has 0 N–H and O–H groups in total. The lowest BCUT2D eigenvalue weighted by Crippen LogP contribution is -2.26. The zero-order valence-corrected chi connectivity index (χ0v) is 15.5. The van der Waals surface area contributed by atoms with Crippen molar-refractivity contribution in [1.29, 1.82) is 0 Å². The number of hydrogen-bond donors (Lipinski definition) is 0. The maximum absolute atomic E-state index is 4.68. The molecule has 5 heteroatoms. The summed E-state index contributed by atoms with van der Waals surface area (Å²) in [5, 5.41) is 4.42. The molecule has 27 heavy (non-hydrogen) atoms. The highest BCUT2D eigenvalue weighted by atomic mass is 15.2. The van der Waals surface area contributed by atoms with Crippen LogP contribution in [0.25, 0.3) is 5.65 Å². The summed E-state index contributed by atoms with van der Waals surface area (Å²) in [6.45, 7) is 4.58. The molecule has 0 bridgehead atoms. The van der Waals surface area contributed by atoms with Crippen LogP contribution in [0.3, 0.4) is 0 Å². The minimum absolute atomic E-state index is 0.795. The van der Waals surface area contributed by atoms with E-state index in [4.69, 9.17) is 0 Å². The van der Waals surface area contributed by atoms with E-state index in [1.54, 1.807) is 0 Å². The van der Waals surface area contributed by atoms with Crippen LogP contribution in [0.4, 0.5) is 0 Å². The third kappa shape index (κ3) is 4.38. The lowest BCUT2D eigenvalue weighted by molar-refractivity contribution is 0.257. The Balaban J connectivity index is 1.54. The molecule has 4 rings (SSSR count). The second-order valence-electron chi connectivity index (χ2n) is 6.77. The molecule has 0 aliphatic carbocycles. The summed E-state index contributed by atoms with van der Waals surface area (Å²) in [5.41, 5.74) is 5.54. The summed E-state index contributed by atoms with van der Waals surface area (Å²) in [5.74, 6) is 0. The number of rotatable bonds is 7. The quantitative estimate of drug-likeness (QED) is 0.506. The number of benzene rings is 1. The van der Waals surface area contributed by atoms with Crippen molar-refractivity contribution in [3.05, 3.63) is 95.7 Å². The molecule has 0 saturated carbocycles. The van der Waals surface area contributed by atoms with E-state index >= 15 is 0 Å². The molecule has 136 valence electrons. The van der Waals surface area contributed by atoms with Crippen LogP contribution in [0, 0.1) is 6.92 Å². The largest absolute Gasteiger partial charge is 0.293 e. The van der Waals surface area contributed by atoms with Crippen molar-refractivity contribution < 1.29 is 0 Å². The van der Waals surface area contributed by atoms with Gasteiger partial charge in [0.2, 0.25) is 0 Å². The second kappa shape index (κ2) is 8.10. The highest BCUT2D eigenvalue weighted by Gasteiger charge is 2.13. The van der Waals surface area contributed by atoms with Crippen LogP contribution in [-0.4, -0.2) is 31.0 Å². The Morgan fingerprint density at radius 2 is 1.85 bits per heavy atom. The van der Waals surface area contributed by atoms with E-state index in [-0.39, 0.29) is 0 Å². The van der Waals surface area contributed by atoms with Gasteiger partial charge in [-0.15, -0.1) is 0 Å². The second-order valence-corrected chi connectivity index (χ2v) is 6.77. The van der Waals surface area contributed by atoms with Gasteiger partial charge in [-0.1, -0.05) is 36.4 Å². The first kappa shape index (κ1) is 17.4. The lowest BCUT2D eigenvalue weighted by Gasteiger charge is -2.21. The highest BCUT2D eigenvalue weighted by molar-refractivity contribution is 5.45. The van der Waals surface area contributed by atoms with Crippen LogP contribution in [-0.2, 0) is 19.5 Å². The Hall–Kier alpha value is -3.05. The summed E-state index contributed by atoms with van der Waals surface area (Å²) in [7, 11) is 0. The monoisotopic (exact) mass is 357 g/mol. The Labute approximate surface area is 159 Å². The Morgan fingerprint density at radius 1 is 0.963 bits per heavy atom. The fourth-order valence-electron chi connectivity index (χ4n) is 3.29. The van der Waals surface area contributed by atoms with Gasteiger partial charge in [0, 0.05) is 43.3 Å². The third-order valence-electron chi connectivity index (χ3n) is 4.64. The first-order chi connectivity index (χ1) is 13.3. The molecule has 0 radical (unpaired) electrons. The maximum Gasteiger partial charge on any atom is 0.159 e. The molecule has 0 saturated heterocycles. The van der Waals surface area contributed by atoms with Crippen molar-refractivity contribution in [1.82, 2.24) is 24.5 Å². The van der Waals surface area contributed by atoms with E-state index < -0.39 is 0 Å². The molecular formula is C22H23N5. The van der Waals surface area contributed by atoms with Gasteiger partial charge in [0.15, 0.2) is 5.65 Å². The number of pyridine rings is 1. The first-order valence-electron chi connectivity index (χ1n) is 9.24. The van der Waals surface area contributed by atoms with Crippen LogP contribution < -0.4 is 0 Å². The number of nitrogens with zero attached hydrogens (tertiary/aromatic N) is 5. The van der Waals surface area contributed by atoms with E-state index in [2.05, 4.69) is 62.4 Å². The molecule has 4 aromatic rings. The fraction of sp³-hybridized carbons (Fsp3) is 0.227. The van der Waals surface area contributed by atoms with Crippen LogP contribution >= 0.6 is 0 Å². The van der Waals surface area contributed by atoms with Gasteiger partial charge in [-0.05, 0) is 37.1 Å². The smallest absolute Gasteiger partial charge is 0.159 e. The molecule has 5 nitrogen and oxygen atoms in total. The third-order valence-corrected chi connectivity index (χ3v) is 4.64. The molecule has 0 fully saturated rings. The molecule has 0 spiro atoms. The minimum Gasteiger partial charge on any atom is -0.293 e. The van der Waals surface area contributed by atoms with Gasteiger partial charge in [-0.2, -0.15) is 5.10 Å². The van der Waals surface area contributed by atoms with Crippen molar-refractivity contribution in [2.45, 2.75) is 26.4 Å². The molecule has 0 aliphatic heterocycles. The van der Waals surface area contributed by atoms with Gasteiger partial charge in [0.1, 0.15) is 0 Å². The summed E-state index contributed by atoms with van der Waals surface area (Å²) in [6.07, 6.45) is 6.67. The molecule has 0 atom stereocenters. The van der Waals surface area contributed by atoms with Crippen molar-refractivity contribution >= 4 is 5.65 Å². The molecule has 0 unspecified atom stereocenters. The van der Waals surface area contributed by atoms with Crippen LogP contribution in [0.15, 0.2) is 73.2 Å². The zero-order chi connectivity index (χ0) is 18.5. The van der Waals surface area contributed by atoms with Crippen molar-refractivity contribution in [2.75, 3.05) is 6.54 Å². The standard InChI is InChI=1S/C22H23N5/c1-18-7-5-10-21(25-18)17-26(14-11-19-8-3-2-4-9-19)16-20-15-24-27-13-6-12-23-22(20)27/h2-10,12-13,15H,11,14,16-17H2,1H3. The van der Waals surface area contributed by atoms with Gasteiger partial charge in [-0.25, -0.2) is 9.50 Å². The molecule has 3 heterocycles. The summed E-state index contributed by atoms with van der Waals surface area (Å²) in [4.78, 5) is 11.6.